The number of fused-ring (bicyclic) bond motifs is 1. The zero-order valence-electron chi connectivity index (χ0n) is 18.7. The summed E-state index contributed by atoms with van der Waals surface area (Å²) in [6, 6.07) is 19.7. The molecule has 33 heavy (non-hydrogen) atoms. The molecule has 1 aliphatic heterocycles. The van der Waals surface area contributed by atoms with E-state index in [0.29, 0.717) is 25.4 Å². The SMILES string of the molecule is Cc1ncc2c(c1CNC(=O)CSc1ccccc1)CCN(C(=O)/C=C/c1ccccc1)C2. The van der Waals surface area contributed by atoms with Gasteiger partial charge in [-0.2, -0.15) is 0 Å². The standard InChI is InChI=1S/C27H27N3O2S/c1-20-25(17-29-26(31)19-33-23-10-6-3-7-11-23)24-14-15-30(18-22(24)16-28-20)27(32)13-12-21-8-4-2-5-9-21/h2-13,16H,14-15,17-19H2,1H3,(H,29,31)/b13-12+. The fourth-order valence-corrected chi connectivity index (χ4v) is 4.63. The monoisotopic (exact) mass is 457 g/mol. The fourth-order valence-electron chi connectivity index (χ4n) is 3.89. The van der Waals surface area contributed by atoms with Crippen LogP contribution in [0.1, 0.15) is 27.9 Å². The predicted molar refractivity (Wildman–Crippen MR) is 133 cm³/mol. The Balaban J connectivity index is 1.36. The summed E-state index contributed by atoms with van der Waals surface area (Å²) in [5, 5.41) is 3.04. The van der Waals surface area contributed by atoms with Crippen molar-refractivity contribution in [3.63, 3.8) is 0 Å². The second-order valence-electron chi connectivity index (χ2n) is 7.96. The third kappa shape index (κ3) is 6.11. The summed E-state index contributed by atoms with van der Waals surface area (Å²) < 4.78 is 0. The van der Waals surface area contributed by atoms with Crippen LogP contribution in [0.25, 0.3) is 6.08 Å². The zero-order valence-corrected chi connectivity index (χ0v) is 19.5. The van der Waals surface area contributed by atoms with Crippen LogP contribution in [0.5, 0.6) is 0 Å². The minimum absolute atomic E-state index is 0.000445. The van der Waals surface area contributed by atoms with Gasteiger partial charge < -0.3 is 10.2 Å². The largest absolute Gasteiger partial charge is 0.351 e. The van der Waals surface area contributed by atoms with Gasteiger partial charge in [-0.3, -0.25) is 14.6 Å². The van der Waals surface area contributed by atoms with Crippen LogP contribution in [0, 0.1) is 6.92 Å². The molecule has 1 aliphatic rings. The molecular formula is C27H27N3O2S. The number of pyridine rings is 1. The molecule has 0 radical (unpaired) electrons. The lowest BCUT2D eigenvalue weighted by molar-refractivity contribution is -0.126. The molecule has 4 rings (SSSR count). The first-order valence-electron chi connectivity index (χ1n) is 11.0. The molecule has 0 atom stereocenters. The quantitative estimate of drug-likeness (QED) is 0.422. The number of aryl methyl sites for hydroxylation is 1. The summed E-state index contributed by atoms with van der Waals surface area (Å²) in [5.41, 5.74) is 5.25. The predicted octanol–water partition coefficient (Wildman–Crippen LogP) is 4.40. The van der Waals surface area contributed by atoms with E-state index in [2.05, 4.69) is 10.3 Å². The number of thioether (sulfide) groups is 1. The number of nitrogens with zero attached hydrogens (tertiary/aromatic N) is 2. The Labute approximate surface area is 198 Å². The van der Waals surface area contributed by atoms with Gasteiger partial charge in [0.1, 0.15) is 0 Å². The third-order valence-electron chi connectivity index (χ3n) is 5.70. The Morgan fingerprint density at radius 2 is 1.82 bits per heavy atom. The molecule has 5 nitrogen and oxygen atoms in total. The minimum Gasteiger partial charge on any atom is -0.351 e. The Bertz CT molecular complexity index is 1150. The molecule has 6 heteroatoms. The minimum atomic E-state index is -0.00197. The number of carbonyl (C=O) groups excluding carboxylic acids is 2. The second-order valence-corrected chi connectivity index (χ2v) is 9.01. The number of aromatic nitrogens is 1. The number of hydrogen-bond acceptors (Lipinski definition) is 4. The van der Waals surface area contributed by atoms with Crippen molar-refractivity contribution in [3.05, 3.63) is 101 Å². The van der Waals surface area contributed by atoms with Crippen molar-refractivity contribution < 1.29 is 9.59 Å². The van der Waals surface area contributed by atoms with E-state index in [-0.39, 0.29) is 11.8 Å². The molecule has 2 aromatic carbocycles. The fraction of sp³-hybridized carbons (Fsp3) is 0.222. The van der Waals surface area contributed by atoms with E-state index >= 15 is 0 Å². The maximum Gasteiger partial charge on any atom is 0.246 e. The number of hydrogen-bond donors (Lipinski definition) is 1. The van der Waals surface area contributed by atoms with Crippen LogP contribution in [0.3, 0.4) is 0 Å². The van der Waals surface area contributed by atoms with Crippen LogP contribution >= 0.6 is 11.8 Å². The average molecular weight is 458 g/mol. The van der Waals surface area contributed by atoms with Gasteiger partial charge in [-0.15, -0.1) is 11.8 Å². The molecule has 2 amide bonds. The molecule has 1 aromatic heterocycles. The Kier molecular flexibility index (Phi) is 7.58. The van der Waals surface area contributed by atoms with E-state index < -0.39 is 0 Å². The maximum atomic E-state index is 12.7. The number of nitrogens with one attached hydrogen (secondary N) is 1. The Morgan fingerprint density at radius 1 is 1.09 bits per heavy atom. The summed E-state index contributed by atoms with van der Waals surface area (Å²) in [5.74, 6) is 0.374. The summed E-state index contributed by atoms with van der Waals surface area (Å²) in [4.78, 5) is 32.5. The molecule has 0 spiro atoms. The number of carbonyl (C=O) groups is 2. The van der Waals surface area contributed by atoms with Crippen LogP contribution < -0.4 is 5.32 Å². The Hall–Kier alpha value is -3.38. The lowest BCUT2D eigenvalue weighted by atomic mass is 9.95. The molecule has 0 saturated heterocycles. The molecule has 0 aliphatic carbocycles. The zero-order chi connectivity index (χ0) is 23.0. The van der Waals surface area contributed by atoms with Crippen molar-refractivity contribution in [3.8, 4) is 0 Å². The normalized spacial score (nSPS) is 13.1. The molecule has 0 bridgehead atoms. The first-order chi connectivity index (χ1) is 16.1. The van der Waals surface area contributed by atoms with E-state index in [1.165, 1.54) is 17.3 Å². The van der Waals surface area contributed by atoms with Gasteiger partial charge in [-0.1, -0.05) is 48.5 Å². The van der Waals surface area contributed by atoms with Gasteiger partial charge >= 0.3 is 0 Å². The average Bonchev–Trinajstić information content (AvgIpc) is 2.86. The van der Waals surface area contributed by atoms with Crippen LogP contribution in [-0.4, -0.2) is 34.0 Å². The van der Waals surface area contributed by atoms with E-state index in [0.717, 1.165) is 33.7 Å². The van der Waals surface area contributed by atoms with Gasteiger partial charge in [0.2, 0.25) is 11.8 Å². The van der Waals surface area contributed by atoms with Crippen molar-refractivity contribution in [2.75, 3.05) is 12.3 Å². The van der Waals surface area contributed by atoms with Gasteiger partial charge in [0.05, 0.1) is 5.75 Å². The topological polar surface area (TPSA) is 62.3 Å². The van der Waals surface area contributed by atoms with Gasteiger partial charge in [0.15, 0.2) is 0 Å². The smallest absolute Gasteiger partial charge is 0.246 e. The lowest BCUT2D eigenvalue weighted by Gasteiger charge is -2.30. The molecule has 3 aromatic rings. The van der Waals surface area contributed by atoms with Gasteiger partial charge in [0, 0.05) is 42.5 Å². The molecule has 0 unspecified atom stereocenters. The van der Waals surface area contributed by atoms with E-state index in [4.69, 9.17) is 0 Å². The third-order valence-corrected chi connectivity index (χ3v) is 6.71. The molecule has 168 valence electrons. The molecular weight excluding hydrogens is 430 g/mol. The first kappa shape index (κ1) is 22.8. The number of rotatable bonds is 7. The molecule has 1 N–H and O–H groups in total. The lowest BCUT2D eigenvalue weighted by Crippen LogP contribution is -2.36. The number of amides is 2. The summed E-state index contributed by atoms with van der Waals surface area (Å²) in [6.45, 7) is 3.61. The summed E-state index contributed by atoms with van der Waals surface area (Å²) >= 11 is 1.52. The van der Waals surface area contributed by atoms with Crippen molar-refractivity contribution >= 4 is 29.7 Å². The summed E-state index contributed by atoms with van der Waals surface area (Å²) in [7, 11) is 0. The highest BCUT2D eigenvalue weighted by Crippen LogP contribution is 2.24. The number of benzene rings is 2. The van der Waals surface area contributed by atoms with Crippen LogP contribution in [-0.2, 0) is 29.1 Å². The van der Waals surface area contributed by atoms with Gasteiger partial charge in [0.25, 0.3) is 0 Å². The maximum absolute atomic E-state index is 12.7. The van der Waals surface area contributed by atoms with Crippen LogP contribution in [0.4, 0.5) is 0 Å². The van der Waals surface area contributed by atoms with Crippen LogP contribution in [0.15, 0.2) is 77.8 Å². The Morgan fingerprint density at radius 3 is 2.58 bits per heavy atom. The van der Waals surface area contributed by atoms with E-state index in [9.17, 15) is 9.59 Å². The van der Waals surface area contributed by atoms with Crippen molar-refractivity contribution in [2.24, 2.45) is 0 Å². The highest BCUT2D eigenvalue weighted by atomic mass is 32.2. The van der Waals surface area contributed by atoms with Gasteiger partial charge in [-0.05, 0) is 53.8 Å². The van der Waals surface area contributed by atoms with Crippen molar-refractivity contribution in [1.29, 1.82) is 0 Å². The highest BCUT2D eigenvalue weighted by Gasteiger charge is 2.23. The highest BCUT2D eigenvalue weighted by molar-refractivity contribution is 8.00. The van der Waals surface area contributed by atoms with E-state index in [1.807, 2.05) is 84.8 Å². The second kappa shape index (κ2) is 11.0. The van der Waals surface area contributed by atoms with Gasteiger partial charge in [-0.25, -0.2) is 0 Å². The first-order valence-corrected chi connectivity index (χ1v) is 12.0. The van der Waals surface area contributed by atoms with Crippen molar-refractivity contribution in [2.45, 2.75) is 31.3 Å². The van der Waals surface area contributed by atoms with Crippen LogP contribution in [0.2, 0.25) is 0 Å². The summed E-state index contributed by atoms with van der Waals surface area (Å²) in [6.07, 6.45) is 6.10. The molecule has 0 fully saturated rings. The molecule has 0 saturated carbocycles. The van der Waals surface area contributed by atoms with E-state index in [1.54, 1.807) is 6.08 Å². The molecule has 2 heterocycles. The van der Waals surface area contributed by atoms with Crippen molar-refractivity contribution in [1.82, 2.24) is 15.2 Å².